The zero-order valence-electron chi connectivity index (χ0n) is 12.7. The highest BCUT2D eigenvalue weighted by molar-refractivity contribution is 5.11. The van der Waals surface area contributed by atoms with E-state index in [0.717, 1.165) is 24.6 Å². The second-order valence-corrected chi connectivity index (χ2v) is 6.08. The van der Waals surface area contributed by atoms with Crippen molar-refractivity contribution in [3.05, 3.63) is 59.7 Å². The van der Waals surface area contributed by atoms with Gasteiger partial charge in [-0.2, -0.15) is 0 Å². The Balaban J connectivity index is 1.58. The third kappa shape index (κ3) is 4.11. The predicted molar refractivity (Wildman–Crippen MR) is 84.9 cm³/mol. The van der Waals surface area contributed by atoms with Crippen LogP contribution in [0.5, 0.6) is 0 Å². The molecule has 2 aromatic rings. The summed E-state index contributed by atoms with van der Waals surface area (Å²) in [5.41, 5.74) is 3.67. The highest BCUT2D eigenvalue weighted by Crippen LogP contribution is 2.21. The van der Waals surface area contributed by atoms with E-state index in [2.05, 4.69) is 46.1 Å². The van der Waals surface area contributed by atoms with Crippen LogP contribution in [0.25, 0.3) is 0 Å². The van der Waals surface area contributed by atoms with E-state index >= 15 is 0 Å². The minimum absolute atomic E-state index is 0.727. The molecule has 3 heteroatoms. The third-order valence-electron chi connectivity index (χ3n) is 4.18. The molecule has 0 saturated carbocycles. The molecule has 0 aromatic carbocycles. The Labute approximate surface area is 127 Å². The molecule has 1 aliphatic heterocycles. The lowest BCUT2D eigenvalue weighted by atomic mass is 9.93. The quantitative estimate of drug-likeness (QED) is 0.861. The summed E-state index contributed by atoms with van der Waals surface area (Å²) in [5, 5.41) is 0. The Bertz CT molecular complexity index is 568. The van der Waals surface area contributed by atoms with Crippen molar-refractivity contribution in [2.24, 2.45) is 5.92 Å². The van der Waals surface area contributed by atoms with E-state index < -0.39 is 0 Å². The van der Waals surface area contributed by atoms with E-state index in [-0.39, 0.29) is 0 Å². The molecular formula is C18H23N3. The largest absolute Gasteiger partial charge is 0.299 e. The summed E-state index contributed by atoms with van der Waals surface area (Å²) < 4.78 is 0. The third-order valence-corrected chi connectivity index (χ3v) is 4.18. The molecule has 0 unspecified atom stereocenters. The van der Waals surface area contributed by atoms with E-state index in [0.29, 0.717) is 0 Å². The predicted octanol–water partition coefficient (Wildman–Crippen LogP) is 3.24. The molecule has 21 heavy (non-hydrogen) atoms. The Kier molecular flexibility index (Phi) is 4.61. The van der Waals surface area contributed by atoms with Gasteiger partial charge in [-0.15, -0.1) is 0 Å². The summed E-state index contributed by atoms with van der Waals surface area (Å²) in [6.07, 6.45) is 7.53. The average Bonchev–Trinajstić information content (AvgIpc) is 2.49. The summed E-state index contributed by atoms with van der Waals surface area (Å²) in [6.45, 7) is 5.46. The molecule has 3 heterocycles. The number of rotatable bonds is 4. The number of likely N-dealkylation sites (tertiary alicyclic amines) is 1. The number of pyridine rings is 2. The first kappa shape index (κ1) is 14.2. The zero-order valence-corrected chi connectivity index (χ0v) is 12.7. The van der Waals surface area contributed by atoms with Crippen LogP contribution in [0.15, 0.2) is 42.7 Å². The molecule has 1 atom stereocenters. The fraction of sp³-hybridized carbons (Fsp3) is 0.444. The number of aromatic nitrogens is 2. The van der Waals surface area contributed by atoms with Crippen LogP contribution in [-0.2, 0) is 13.0 Å². The molecule has 3 rings (SSSR count). The standard InChI is InChI=1S/C18H23N3/c1-15-5-2-8-18(20-15)11-16-7-4-10-21(13-16)14-17-6-3-9-19-12-17/h2-3,5-6,8-9,12,16H,4,7,10-11,13-14H2,1H3/t16-/m1/s1. The van der Waals surface area contributed by atoms with Crippen LogP contribution in [0, 0.1) is 12.8 Å². The van der Waals surface area contributed by atoms with Gasteiger partial charge in [0.05, 0.1) is 0 Å². The molecule has 0 amide bonds. The van der Waals surface area contributed by atoms with Gasteiger partial charge in [0.1, 0.15) is 0 Å². The normalized spacial score (nSPS) is 19.6. The van der Waals surface area contributed by atoms with Crippen LogP contribution in [0.1, 0.15) is 29.8 Å². The van der Waals surface area contributed by atoms with E-state index in [1.54, 1.807) is 0 Å². The van der Waals surface area contributed by atoms with Gasteiger partial charge in [-0.05, 0) is 62.4 Å². The summed E-state index contributed by atoms with van der Waals surface area (Å²) in [5.74, 6) is 0.727. The molecule has 1 fully saturated rings. The Morgan fingerprint density at radius 2 is 2.19 bits per heavy atom. The minimum atomic E-state index is 0.727. The molecule has 0 N–H and O–H groups in total. The van der Waals surface area contributed by atoms with E-state index in [9.17, 15) is 0 Å². The summed E-state index contributed by atoms with van der Waals surface area (Å²) >= 11 is 0. The highest BCUT2D eigenvalue weighted by atomic mass is 15.1. The first-order chi connectivity index (χ1) is 10.3. The number of hydrogen-bond donors (Lipinski definition) is 0. The summed E-state index contributed by atoms with van der Waals surface area (Å²) in [6, 6.07) is 10.5. The second-order valence-electron chi connectivity index (χ2n) is 6.08. The first-order valence-electron chi connectivity index (χ1n) is 7.83. The molecule has 0 bridgehead atoms. The van der Waals surface area contributed by atoms with Gasteiger partial charge in [0.25, 0.3) is 0 Å². The summed E-state index contributed by atoms with van der Waals surface area (Å²) in [7, 11) is 0. The maximum Gasteiger partial charge on any atom is 0.0410 e. The van der Waals surface area contributed by atoms with Gasteiger partial charge in [-0.1, -0.05) is 12.1 Å². The van der Waals surface area contributed by atoms with E-state index in [1.165, 1.54) is 37.2 Å². The maximum absolute atomic E-state index is 4.65. The van der Waals surface area contributed by atoms with Crippen LogP contribution < -0.4 is 0 Å². The average molecular weight is 281 g/mol. The maximum atomic E-state index is 4.65. The molecular weight excluding hydrogens is 258 g/mol. The van der Waals surface area contributed by atoms with Crippen molar-refractivity contribution >= 4 is 0 Å². The van der Waals surface area contributed by atoms with Crippen molar-refractivity contribution < 1.29 is 0 Å². The lowest BCUT2D eigenvalue weighted by molar-refractivity contribution is 0.166. The number of aryl methyl sites for hydroxylation is 1. The van der Waals surface area contributed by atoms with E-state index in [1.807, 2.05) is 18.5 Å². The zero-order chi connectivity index (χ0) is 14.5. The topological polar surface area (TPSA) is 29.0 Å². The SMILES string of the molecule is Cc1cccc(C[C@H]2CCCN(Cc3cccnc3)C2)n1. The molecule has 0 radical (unpaired) electrons. The smallest absolute Gasteiger partial charge is 0.0410 e. The monoisotopic (exact) mass is 281 g/mol. The molecule has 1 aliphatic rings. The molecule has 2 aromatic heterocycles. The van der Waals surface area contributed by atoms with Crippen molar-refractivity contribution in [3.8, 4) is 0 Å². The Morgan fingerprint density at radius 3 is 3.00 bits per heavy atom. The van der Waals surface area contributed by atoms with Crippen LogP contribution >= 0.6 is 0 Å². The van der Waals surface area contributed by atoms with Crippen molar-refractivity contribution in [3.63, 3.8) is 0 Å². The van der Waals surface area contributed by atoms with Crippen molar-refractivity contribution in [2.75, 3.05) is 13.1 Å². The van der Waals surface area contributed by atoms with Gasteiger partial charge < -0.3 is 0 Å². The van der Waals surface area contributed by atoms with Gasteiger partial charge in [0, 0.05) is 36.9 Å². The molecule has 110 valence electrons. The second kappa shape index (κ2) is 6.81. The van der Waals surface area contributed by atoms with Crippen molar-refractivity contribution in [2.45, 2.75) is 32.7 Å². The Hall–Kier alpha value is -1.74. The van der Waals surface area contributed by atoms with Crippen molar-refractivity contribution in [1.29, 1.82) is 0 Å². The van der Waals surface area contributed by atoms with Crippen LogP contribution in [0.2, 0.25) is 0 Å². The number of nitrogens with zero attached hydrogens (tertiary/aromatic N) is 3. The van der Waals surface area contributed by atoms with Crippen molar-refractivity contribution in [1.82, 2.24) is 14.9 Å². The fourth-order valence-electron chi connectivity index (χ4n) is 3.22. The molecule has 1 saturated heterocycles. The number of hydrogen-bond acceptors (Lipinski definition) is 3. The Morgan fingerprint density at radius 1 is 1.24 bits per heavy atom. The number of piperidine rings is 1. The molecule has 0 aliphatic carbocycles. The molecule has 3 nitrogen and oxygen atoms in total. The molecule has 0 spiro atoms. The van der Waals surface area contributed by atoms with Gasteiger partial charge in [0.15, 0.2) is 0 Å². The lowest BCUT2D eigenvalue weighted by Gasteiger charge is -2.32. The van der Waals surface area contributed by atoms with Crippen LogP contribution in [0.4, 0.5) is 0 Å². The van der Waals surface area contributed by atoms with Gasteiger partial charge >= 0.3 is 0 Å². The fourth-order valence-corrected chi connectivity index (χ4v) is 3.22. The van der Waals surface area contributed by atoms with Gasteiger partial charge in [-0.3, -0.25) is 14.9 Å². The highest BCUT2D eigenvalue weighted by Gasteiger charge is 2.20. The lowest BCUT2D eigenvalue weighted by Crippen LogP contribution is -2.35. The summed E-state index contributed by atoms with van der Waals surface area (Å²) in [4.78, 5) is 11.4. The van der Waals surface area contributed by atoms with E-state index in [4.69, 9.17) is 0 Å². The van der Waals surface area contributed by atoms with Crippen LogP contribution in [-0.4, -0.2) is 28.0 Å². The van der Waals surface area contributed by atoms with Gasteiger partial charge in [-0.25, -0.2) is 0 Å². The minimum Gasteiger partial charge on any atom is -0.299 e. The first-order valence-corrected chi connectivity index (χ1v) is 7.83. The van der Waals surface area contributed by atoms with Gasteiger partial charge in [0.2, 0.25) is 0 Å². The van der Waals surface area contributed by atoms with Crippen LogP contribution in [0.3, 0.4) is 0 Å².